The molecule has 0 bridgehead atoms. The summed E-state index contributed by atoms with van der Waals surface area (Å²) in [7, 11) is 3.60. The third-order valence-electron chi connectivity index (χ3n) is 12.1. The number of likely N-dealkylation sites (N-methyl/N-ethyl adjacent to an activating group) is 1. The van der Waals surface area contributed by atoms with Gasteiger partial charge in [0.05, 0.1) is 36.9 Å². The first-order valence-corrected chi connectivity index (χ1v) is 20.3. The smallest absolute Gasteiger partial charge is 0.308 e. The number of aliphatic hydroxyl groups excluding tert-OH is 3. The highest BCUT2D eigenvalue weighted by molar-refractivity contribution is 5.91. The van der Waals surface area contributed by atoms with Gasteiger partial charge in [0.25, 0.3) is 0 Å². The van der Waals surface area contributed by atoms with Crippen molar-refractivity contribution < 1.29 is 39.1 Å². The minimum atomic E-state index is -1.17. The third kappa shape index (κ3) is 12.2. The van der Waals surface area contributed by atoms with Crippen molar-refractivity contribution in [2.75, 3.05) is 53.4 Å². The van der Waals surface area contributed by atoms with E-state index in [1.165, 1.54) is 12.8 Å². The first-order valence-electron chi connectivity index (χ1n) is 20.3. The molecule has 0 aromatic rings. The number of allylic oxidation sites excluding steroid dienone is 3. The van der Waals surface area contributed by atoms with Crippen LogP contribution in [0.2, 0.25) is 0 Å². The molecule has 12 atom stereocenters. The fourth-order valence-corrected chi connectivity index (χ4v) is 8.83. The molecule has 0 spiro atoms. The molecule has 0 aromatic heterocycles. The molecule has 4 heterocycles. The number of nitrogens with zero attached hydrogens (tertiary/aromatic N) is 3. The van der Waals surface area contributed by atoms with Gasteiger partial charge in [-0.15, -0.1) is 0 Å². The zero-order valence-corrected chi connectivity index (χ0v) is 33.2. The first-order chi connectivity index (χ1) is 24.8. The maximum atomic E-state index is 13.8. The highest BCUT2D eigenvalue weighted by Crippen LogP contribution is 2.35. The molecule has 11 heteroatoms. The van der Waals surface area contributed by atoms with Crippen LogP contribution in [0.5, 0.6) is 0 Å². The number of aliphatic hydroxyl groups is 3. The van der Waals surface area contributed by atoms with Crippen molar-refractivity contribution >= 4 is 11.8 Å². The summed E-state index contributed by atoms with van der Waals surface area (Å²) in [5, 5.41) is 34.2. The maximum Gasteiger partial charge on any atom is 0.308 e. The average Bonchev–Trinajstić information content (AvgIpc) is 3.12. The molecule has 4 aliphatic heterocycles. The van der Waals surface area contributed by atoms with E-state index in [9.17, 15) is 24.9 Å². The SMILES string of the molecule is CC[C@H]1OC(=O)C[C@@H](O)[C@H](C)[C@@H](OC2OC(C)C(O)C(N(C)C)C2O)[C@@H](CCN2CCCCC2)CC(C)C(=O)/C=C/C(C)=C/C1CN1CCCCC1. The largest absolute Gasteiger partial charge is 0.462 e. The minimum absolute atomic E-state index is 0.0270. The van der Waals surface area contributed by atoms with E-state index in [0.29, 0.717) is 19.3 Å². The van der Waals surface area contributed by atoms with Crippen molar-refractivity contribution in [3.8, 4) is 0 Å². The Morgan fingerprint density at radius 3 is 2.15 bits per heavy atom. The van der Waals surface area contributed by atoms with E-state index in [-0.39, 0.29) is 36.1 Å². The number of ketones is 1. The second-order valence-corrected chi connectivity index (χ2v) is 16.6. The molecule has 0 aliphatic carbocycles. The molecule has 0 amide bonds. The van der Waals surface area contributed by atoms with Crippen LogP contribution in [0.4, 0.5) is 0 Å². The summed E-state index contributed by atoms with van der Waals surface area (Å²) in [5.74, 6) is -1.58. The molecule has 3 fully saturated rings. The number of cyclic esters (lactones) is 1. The molecular formula is C41H71N3O8. The van der Waals surface area contributed by atoms with Crippen molar-refractivity contribution in [3.63, 3.8) is 0 Å². The van der Waals surface area contributed by atoms with E-state index in [4.69, 9.17) is 14.2 Å². The maximum absolute atomic E-state index is 13.8. The fraction of sp³-hybridized carbons (Fsp3) is 0.854. The van der Waals surface area contributed by atoms with E-state index < -0.39 is 54.7 Å². The molecule has 4 aliphatic rings. The van der Waals surface area contributed by atoms with Crippen LogP contribution in [0.1, 0.15) is 98.8 Å². The van der Waals surface area contributed by atoms with Gasteiger partial charge in [0.15, 0.2) is 12.1 Å². The van der Waals surface area contributed by atoms with Crippen molar-refractivity contribution in [2.45, 2.75) is 148 Å². The zero-order valence-electron chi connectivity index (χ0n) is 33.2. The van der Waals surface area contributed by atoms with Gasteiger partial charge in [-0.25, -0.2) is 0 Å². The lowest BCUT2D eigenvalue weighted by Gasteiger charge is -2.47. The molecule has 0 aromatic carbocycles. The highest BCUT2D eigenvalue weighted by Gasteiger charge is 2.47. The van der Waals surface area contributed by atoms with Crippen LogP contribution in [0.3, 0.4) is 0 Å². The summed E-state index contributed by atoms with van der Waals surface area (Å²) in [5.41, 5.74) is 0.954. The number of piperidine rings is 2. The topological polar surface area (TPSA) is 132 Å². The number of hydrogen-bond acceptors (Lipinski definition) is 11. The Labute approximate surface area is 313 Å². The lowest BCUT2D eigenvalue weighted by molar-refractivity contribution is -0.304. The van der Waals surface area contributed by atoms with Crippen LogP contribution < -0.4 is 0 Å². The Morgan fingerprint density at radius 2 is 1.54 bits per heavy atom. The van der Waals surface area contributed by atoms with Crippen molar-refractivity contribution in [3.05, 3.63) is 23.8 Å². The number of ether oxygens (including phenoxy) is 3. The number of rotatable bonds is 9. The summed E-state index contributed by atoms with van der Waals surface area (Å²) in [6, 6.07) is -0.632. The number of likely N-dealkylation sites (tertiary alicyclic amines) is 2. The predicted molar refractivity (Wildman–Crippen MR) is 203 cm³/mol. The minimum Gasteiger partial charge on any atom is -0.462 e. The lowest BCUT2D eigenvalue weighted by Crippen LogP contribution is -2.63. The van der Waals surface area contributed by atoms with Gasteiger partial charge >= 0.3 is 5.97 Å². The van der Waals surface area contributed by atoms with Gasteiger partial charge in [0.2, 0.25) is 0 Å². The molecule has 11 nitrogen and oxygen atoms in total. The van der Waals surface area contributed by atoms with Gasteiger partial charge < -0.3 is 44.2 Å². The quantitative estimate of drug-likeness (QED) is 0.295. The van der Waals surface area contributed by atoms with Crippen molar-refractivity contribution in [2.24, 2.45) is 23.7 Å². The van der Waals surface area contributed by atoms with E-state index in [1.54, 1.807) is 32.0 Å². The van der Waals surface area contributed by atoms with Crippen LogP contribution >= 0.6 is 0 Å². The molecule has 7 unspecified atom stereocenters. The Balaban J connectivity index is 1.68. The molecule has 298 valence electrons. The van der Waals surface area contributed by atoms with Crippen molar-refractivity contribution in [1.29, 1.82) is 0 Å². The standard InChI is InChI=1S/C41H71N3O8/c1-8-35-32(26-44-20-13-10-14-21-44)23-27(2)15-16-33(45)28(3)24-31(17-22-43-18-11-9-12-19-43)40(29(4)34(46)25-36(47)51-35)52-41-39(49)37(42(6)7)38(48)30(5)50-41/h15-16,23,28-32,34-35,37-41,46,48-49H,8-14,17-22,24-26H2,1-7H3/b16-15+,27-23+/t28?,29-,30?,31-,32?,34+,35+,37?,38?,39?,40+,41?/m0/s1. The van der Waals surface area contributed by atoms with Crippen LogP contribution in [0.25, 0.3) is 0 Å². The molecule has 52 heavy (non-hydrogen) atoms. The summed E-state index contributed by atoms with van der Waals surface area (Å²) < 4.78 is 19.1. The molecular weight excluding hydrogens is 662 g/mol. The molecule has 0 radical (unpaired) electrons. The van der Waals surface area contributed by atoms with E-state index in [0.717, 1.165) is 70.5 Å². The van der Waals surface area contributed by atoms with Gasteiger partial charge in [-0.2, -0.15) is 0 Å². The van der Waals surface area contributed by atoms with Gasteiger partial charge in [-0.05, 0) is 118 Å². The number of esters is 1. The van der Waals surface area contributed by atoms with Gasteiger partial charge in [0, 0.05) is 24.3 Å². The highest BCUT2D eigenvalue weighted by atomic mass is 16.7. The summed E-state index contributed by atoms with van der Waals surface area (Å²) in [4.78, 5) is 34.1. The van der Waals surface area contributed by atoms with E-state index in [1.807, 2.05) is 33.8 Å². The van der Waals surface area contributed by atoms with Crippen LogP contribution in [-0.4, -0.2) is 144 Å². The number of carbonyl (C=O) groups excluding carboxylic acids is 2. The second-order valence-electron chi connectivity index (χ2n) is 16.6. The molecule has 0 saturated carbocycles. The van der Waals surface area contributed by atoms with E-state index >= 15 is 0 Å². The molecule has 3 saturated heterocycles. The zero-order chi connectivity index (χ0) is 37.9. The predicted octanol–water partition coefficient (Wildman–Crippen LogP) is 4.18. The fourth-order valence-electron chi connectivity index (χ4n) is 8.83. The number of hydrogen-bond donors (Lipinski definition) is 3. The Morgan fingerprint density at radius 1 is 0.904 bits per heavy atom. The summed E-state index contributed by atoms with van der Waals surface area (Å²) >= 11 is 0. The average molecular weight is 734 g/mol. The van der Waals surface area contributed by atoms with Crippen LogP contribution in [-0.2, 0) is 23.8 Å². The third-order valence-corrected chi connectivity index (χ3v) is 12.1. The molecule has 4 rings (SSSR count). The van der Waals surface area contributed by atoms with Crippen molar-refractivity contribution in [1.82, 2.24) is 14.7 Å². The lowest BCUT2D eigenvalue weighted by atomic mass is 9.79. The van der Waals surface area contributed by atoms with Crippen LogP contribution in [0.15, 0.2) is 23.8 Å². The van der Waals surface area contributed by atoms with Gasteiger partial charge in [0.1, 0.15) is 12.2 Å². The molecule has 3 N–H and O–H groups in total. The Hall–Kier alpha value is -1.70. The Bertz CT molecular complexity index is 1170. The normalized spacial score (nSPS) is 40.2. The number of carbonyl (C=O) groups is 2. The summed E-state index contributed by atoms with van der Waals surface area (Å²) in [6.07, 6.45) is 8.49. The van der Waals surface area contributed by atoms with Gasteiger partial charge in [-0.3, -0.25) is 9.59 Å². The second kappa shape index (κ2) is 20.8. The van der Waals surface area contributed by atoms with E-state index in [2.05, 4.69) is 15.9 Å². The van der Waals surface area contributed by atoms with Gasteiger partial charge in [-0.1, -0.05) is 51.3 Å². The first kappa shape index (κ1) is 43.0. The van der Waals surface area contributed by atoms with Crippen LogP contribution in [0, 0.1) is 23.7 Å². The Kier molecular flexibility index (Phi) is 17.2. The summed E-state index contributed by atoms with van der Waals surface area (Å²) in [6.45, 7) is 15.3. The monoisotopic (exact) mass is 734 g/mol.